The maximum Gasteiger partial charge on any atom is 0.245 e. The van der Waals surface area contributed by atoms with E-state index in [0.717, 1.165) is 5.69 Å². The molecule has 170 valence electrons. The summed E-state index contributed by atoms with van der Waals surface area (Å²) in [5, 5.41) is 2.71. The number of hydrogen-bond acceptors (Lipinski definition) is 6. The molecule has 32 heavy (non-hydrogen) atoms. The fourth-order valence-electron chi connectivity index (χ4n) is 4.01. The van der Waals surface area contributed by atoms with Gasteiger partial charge in [0.25, 0.3) is 0 Å². The average Bonchev–Trinajstić information content (AvgIpc) is 2.94. The van der Waals surface area contributed by atoms with Gasteiger partial charge in [-0.1, -0.05) is 6.07 Å². The van der Waals surface area contributed by atoms with Crippen LogP contribution in [0.15, 0.2) is 41.3 Å². The molecule has 10 heteroatoms. The van der Waals surface area contributed by atoms with Crippen LogP contribution in [0.4, 0.5) is 11.5 Å². The number of hydrogen-bond donors (Lipinski definition) is 1. The van der Waals surface area contributed by atoms with Crippen LogP contribution in [0.25, 0.3) is 0 Å². The van der Waals surface area contributed by atoms with E-state index in [1.165, 1.54) is 15.3 Å². The maximum absolute atomic E-state index is 13.1. The van der Waals surface area contributed by atoms with E-state index in [0.29, 0.717) is 43.4 Å². The molecule has 1 aromatic heterocycles. The number of carbonyl (C=O) groups is 2. The number of carbonyl (C=O) groups excluding carboxylic acids is 2. The van der Waals surface area contributed by atoms with Gasteiger partial charge in [-0.05, 0) is 56.7 Å². The molecule has 0 atom stereocenters. The van der Waals surface area contributed by atoms with E-state index in [4.69, 9.17) is 4.74 Å². The molecule has 2 aliphatic heterocycles. The predicted molar refractivity (Wildman–Crippen MR) is 119 cm³/mol. The van der Waals surface area contributed by atoms with Gasteiger partial charge >= 0.3 is 0 Å². The van der Waals surface area contributed by atoms with Crippen LogP contribution in [0.5, 0.6) is 0 Å². The Bertz CT molecular complexity index is 1170. The zero-order chi connectivity index (χ0) is 23.1. The first-order valence-corrected chi connectivity index (χ1v) is 11.8. The van der Waals surface area contributed by atoms with Gasteiger partial charge in [-0.3, -0.25) is 9.59 Å². The Morgan fingerprint density at radius 3 is 2.59 bits per heavy atom. The van der Waals surface area contributed by atoms with Gasteiger partial charge in [0, 0.05) is 24.5 Å². The molecule has 0 spiro atoms. The molecule has 2 aliphatic rings. The summed E-state index contributed by atoms with van der Waals surface area (Å²) in [5.41, 5.74) is 0.917. The molecule has 0 radical (unpaired) electrons. The van der Waals surface area contributed by atoms with Crippen LogP contribution in [-0.4, -0.2) is 62.4 Å². The fourth-order valence-corrected chi connectivity index (χ4v) is 5.44. The highest BCUT2D eigenvalue weighted by Gasteiger charge is 2.45. The van der Waals surface area contributed by atoms with Crippen LogP contribution in [0, 0.1) is 6.92 Å². The van der Waals surface area contributed by atoms with E-state index >= 15 is 0 Å². The first-order valence-electron chi connectivity index (χ1n) is 10.4. The summed E-state index contributed by atoms with van der Waals surface area (Å²) in [7, 11) is -3.70. The monoisotopic (exact) mass is 458 g/mol. The van der Waals surface area contributed by atoms with E-state index in [-0.39, 0.29) is 23.3 Å². The molecule has 1 saturated heterocycles. The number of fused-ring (bicyclic) bond motifs is 1. The van der Waals surface area contributed by atoms with Gasteiger partial charge < -0.3 is 15.0 Å². The van der Waals surface area contributed by atoms with Crippen molar-refractivity contribution in [3.05, 3.63) is 47.7 Å². The summed E-state index contributed by atoms with van der Waals surface area (Å²) in [5.74, 6) is -0.237. The minimum Gasteiger partial charge on any atom is -0.379 e. The molecule has 0 unspecified atom stereocenters. The molecule has 2 aromatic rings. The summed E-state index contributed by atoms with van der Waals surface area (Å²) in [6.07, 6.45) is 0. The van der Waals surface area contributed by atoms with Crippen molar-refractivity contribution in [2.45, 2.75) is 31.1 Å². The molecular formula is C22H26N4O5S. The van der Waals surface area contributed by atoms with Crippen LogP contribution in [0.1, 0.15) is 25.1 Å². The van der Waals surface area contributed by atoms with Crippen molar-refractivity contribution in [2.24, 2.45) is 0 Å². The second kappa shape index (κ2) is 8.27. The van der Waals surface area contributed by atoms with E-state index in [9.17, 15) is 18.0 Å². The lowest BCUT2D eigenvalue weighted by atomic mass is 9.86. The normalized spacial score (nSPS) is 18.5. The largest absolute Gasteiger partial charge is 0.379 e. The first kappa shape index (κ1) is 22.4. The van der Waals surface area contributed by atoms with E-state index in [1.54, 1.807) is 38.1 Å². The van der Waals surface area contributed by atoms with Crippen molar-refractivity contribution in [1.29, 1.82) is 0 Å². The number of aromatic nitrogens is 1. The SMILES string of the molecule is Cc1cccc(NC(=O)CN2C(=O)C(C)(C)c3cc(S(=O)(=O)N4CCOCC4)ccc32)n1. The zero-order valence-corrected chi connectivity index (χ0v) is 19.1. The van der Waals surface area contributed by atoms with Crippen molar-refractivity contribution in [2.75, 3.05) is 43.1 Å². The topological polar surface area (TPSA) is 109 Å². The molecule has 0 bridgehead atoms. The predicted octanol–water partition coefficient (Wildman–Crippen LogP) is 1.67. The number of aryl methyl sites for hydroxylation is 1. The van der Waals surface area contributed by atoms with Crippen LogP contribution < -0.4 is 10.2 Å². The van der Waals surface area contributed by atoms with Crippen molar-refractivity contribution in [1.82, 2.24) is 9.29 Å². The molecule has 1 aromatic carbocycles. The number of anilines is 2. The number of morpholine rings is 1. The molecule has 3 heterocycles. The summed E-state index contributed by atoms with van der Waals surface area (Å²) < 4.78 is 32.8. The Balaban J connectivity index is 1.60. The third kappa shape index (κ3) is 4.01. The summed E-state index contributed by atoms with van der Waals surface area (Å²) >= 11 is 0. The second-order valence-electron chi connectivity index (χ2n) is 8.42. The number of pyridine rings is 1. The smallest absolute Gasteiger partial charge is 0.245 e. The highest BCUT2D eigenvalue weighted by molar-refractivity contribution is 7.89. The van der Waals surface area contributed by atoms with Gasteiger partial charge in [0.05, 0.1) is 23.5 Å². The van der Waals surface area contributed by atoms with Gasteiger partial charge in [0.2, 0.25) is 21.8 Å². The van der Waals surface area contributed by atoms with E-state index < -0.39 is 15.4 Å². The molecule has 9 nitrogen and oxygen atoms in total. The lowest BCUT2D eigenvalue weighted by molar-refractivity contribution is -0.124. The summed E-state index contributed by atoms with van der Waals surface area (Å²) in [4.78, 5) is 31.5. The van der Waals surface area contributed by atoms with Crippen molar-refractivity contribution in [3.8, 4) is 0 Å². The standard InChI is InChI=1S/C22H26N4O5S/c1-15-5-4-6-19(23-15)24-20(27)14-26-18-8-7-16(13-17(18)22(2,3)21(26)28)32(29,30)25-9-11-31-12-10-25/h4-8,13H,9-12,14H2,1-3H3,(H,23,24,27). The minimum absolute atomic E-state index is 0.134. The molecule has 0 saturated carbocycles. The molecule has 4 rings (SSSR count). The Labute approximate surface area is 187 Å². The first-order chi connectivity index (χ1) is 15.1. The maximum atomic E-state index is 13.1. The van der Waals surface area contributed by atoms with Crippen molar-refractivity contribution in [3.63, 3.8) is 0 Å². The lowest BCUT2D eigenvalue weighted by Crippen LogP contribution is -2.41. The van der Waals surface area contributed by atoms with Crippen LogP contribution >= 0.6 is 0 Å². The average molecular weight is 459 g/mol. The second-order valence-corrected chi connectivity index (χ2v) is 10.4. The molecular weight excluding hydrogens is 432 g/mol. The van der Waals surface area contributed by atoms with Crippen LogP contribution in [-0.2, 0) is 29.8 Å². The molecule has 0 aliphatic carbocycles. The van der Waals surface area contributed by atoms with Gasteiger partial charge in [-0.15, -0.1) is 0 Å². The van der Waals surface area contributed by atoms with E-state index in [2.05, 4.69) is 10.3 Å². The number of nitrogens with one attached hydrogen (secondary N) is 1. The summed E-state index contributed by atoms with van der Waals surface area (Å²) in [6, 6.07) is 9.93. The fraction of sp³-hybridized carbons (Fsp3) is 0.409. The highest BCUT2D eigenvalue weighted by atomic mass is 32.2. The Hall–Kier alpha value is -2.82. The van der Waals surface area contributed by atoms with Crippen LogP contribution in [0.3, 0.4) is 0 Å². The Morgan fingerprint density at radius 1 is 1.19 bits per heavy atom. The van der Waals surface area contributed by atoms with E-state index in [1.807, 2.05) is 13.0 Å². The van der Waals surface area contributed by atoms with Gasteiger partial charge in [-0.25, -0.2) is 13.4 Å². The van der Waals surface area contributed by atoms with Gasteiger partial charge in [0.15, 0.2) is 0 Å². The number of rotatable bonds is 5. The lowest BCUT2D eigenvalue weighted by Gasteiger charge is -2.26. The molecule has 1 N–H and O–H groups in total. The zero-order valence-electron chi connectivity index (χ0n) is 18.3. The van der Waals surface area contributed by atoms with Crippen LogP contribution in [0.2, 0.25) is 0 Å². The van der Waals surface area contributed by atoms with Gasteiger partial charge in [-0.2, -0.15) is 4.31 Å². The number of ether oxygens (including phenoxy) is 1. The molecule has 2 amide bonds. The Kier molecular flexibility index (Phi) is 5.78. The third-order valence-corrected chi connectivity index (χ3v) is 7.67. The third-order valence-electron chi connectivity index (χ3n) is 5.78. The highest BCUT2D eigenvalue weighted by Crippen LogP contribution is 2.42. The summed E-state index contributed by atoms with van der Waals surface area (Å²) in [6.45, 7) is 6.39. The minimum atomic E-state index is -3.70. The van der Waals surface area contributed by atoms with Gasteiger partial charge in [0.1, 0.15) is 12.4 Å². The number of benzene rings is 1. The van der Waals surface area contributed by atoms with Crippen molar-refractivity contribution >= 4 is 33.3 Å². The number of nitrogens with zero attached hydrogens (tertiary/aromatic N) is 3. The Morgan fingerprint density at radius 2 is 1.91 bits per heavy atom. The molecule has 1 fully saturated rings. The quantitative estimate of drug-likeness (QED) is 0.730. The number of sulfonamides is 1. The number of amides is 2. The van der Waals surface area contributed by atoms with Crippen molar-refractivity contribution < 1.29 is 22.7 Å².